The number of aryl methyl sites for hydroxylation is 3. The minimum absolute atomic E-state index is 0.160. The van der Waals surface area contributed by atoms with Gasteiger partial charge in [0, 0.05) is 10.3 Å². The Bertz CT molecular complexity index is 924. The SMILES string of the molecule is Cc1ccc(NC(=O)CSc2ncnc3sc(C)c(C)c23)c(F)c1. The second kappa shape index (κ2) is 6.86. The van der Waals surface area contributed by atoms with E-state index in [1.807, 2.05) is 13.8 Å². The van der Waals surface area contributed by atoms with Crippen LogP contribution in [-0.2, 0) is 4.79 Å². The molecule has 2 aromatic heterocycles. The molecule has 0 aliphatic heterocycles. The lowest BCUT2D eigenvalue weighted by atomic mass is 10.2. The van der Waals surface area contributed by atoms with Crippen LogP contribution in [0.25, 0.3) is 10.2 Å². The van der Waals surface area contributed by atoms with Gasteiger partial charge in [-0.2, -0.15) is 0 Å². The van der Waals surface area contributed by atoms with Crippen LogP contribution >= 0.6 is 23.1 Å². The van der Waals surface area contributed by atoms with E-state index in [2.05, 4.69) is 15.3 Å². The van der Waals surface area contributed by atoms with Crippen LogP contribution in [0.3, 0.4) is 0 Å². The van der Waals surface area contributed by atoms with Gasteiger partial charge in [-0.05, 0) is 44.0 Å². The minimum atomic E-state index is -0.429. The van der Waals surface area contributed by atoms with Gasteiger partial charge in [0.25, 0.3) is 0 Å². The molecule has 3 aromatic rings. The molecular formula is C17H16FN3OS2. The normalized spacial score (nSPS) is 11.0. The standard InChI is InChI=1S/C17H16FN3OS2/c1-9-4-5-13(12(18)6-9)21-14(22)7-23-16-15-10(2)11(3)24-17(15)20-8-19-16/h4-6,8H,7H2,1-3H3,(H,21,22). The van der Waals surface area contributed by atoms with Crippen molar-refractivity contribution in [2.24, 2.45) is 0 Å². The Labute approximate surface area is 147 Å². The van der Waals surface area contributed by atoms with Gasteiger partial charge in [-0.3, -0.25) is 4.79 Å². The molecule has 1 aromatic carbocycles. The average molecular weight is 361 g/mol. The van der Waals surface area contributed by atoms with Crippen molar-refractivity contribution >= 4 is 44.9 Å². The monoisotopic (exact) mass is 361 g/mol. The summed E-state index contributed by atoms with van der Waals surface area (Å²) in [6.45, 7) is 5.88. The molecule has 0 aliphatic rings. The van der Waals surface area contributed by atoms with Crippen molar-refractivity contribution in [1.29, 1.82) is 0 Å². The van der Waals surface area contributed by atoms with Crippen LogP contribution in [0, 0.1) is 26.6 Å². The predicted octanol–water partition coefficient (Wildman–Crippen LogP) is 4.49. The van der Waals surface area contributed by atoms with Crippen LogP contribution in [-0.4, -0.2) is 21.6 Å². The summed E-state index contributed by atoms with van der Waals surface area (Å²) in [4.78, 5) is 22.8. The molecule has 0 saturated heterocycles. The van der Waals surface area contributed by atoms with Crippen molar-refractivity contribution < 1.29 is 9.18 Å². The summed E-state index contributed by atoms with van der Waals surface area (Å²) in [6.07, 6.45) is 1.51. The van der Waals surface area contributed by atoms with Gasteiger partial charge < -0.3 is 5.32 Å². The summed E-state index contributed by atoms with van der Waals surface area (Å²) in [5.74, 6) is -0.533. The third-order valence-electron chi connectivity index (χ3n) is 3.67. The first kappa shape index (κ1) is 16.9. The van der Waals surface area contributed by atoms with E-state index in [4.69, 9.17) is 0 Å². The lowest BCUT2D eigenvalue weighted by molar-refractivity contribution is -0.113. The van der Waals surface area contributed by atoms with Gasteiger partial charge in [0.1, 0.15) is 22.0 Å². The van der Waals surface area contributed by atoms with E-state index in [0.29, 0.717) is 0 Å². The molecule has 0 atom stereocenters. The van der Waals surface area contributed by atoms with Gasteiger partial charge in [-0.15, -0.1) is 11.3 Å². The summed E-state index contributed by atoms with van der Waals surface area (Å²) in [7, 11) is 0. The maximum absolute atomic E-state index is 13.8. The van der Waals surface area contributed by atoms with E-state index >= 15 is 0 Å². The Hall–Kier alpha value is -1.99. The van der Waals surface area contributed by atoms with Crippen LogP contribution in [0.4, 0.5) is 10.1 Å². The highest BCUT2D eigenvalue weighted by Gasteiger charge is 2.14. The Morgan fingerprint density at radius 2 is 2.08 bits per heavy atom. The molecule has 0 spiro atoms. The minimum Gasteiger partial charge on any atom is -0.323 e. The quantitative estimate of drug-likeness (QED) is 0.550. The number of nitrogens with zero attached hydrogens (tertiary/aromatic N) is 2. The number of rotatable bonds is 4. The van der Waals surface area contributed by atoms with Crippen molar-refractivity contribution in [2.45, 2.75) is 25.8 Å². The first-order valence-corrected chi connectivity index (χ1v) is 9.15. The molecule has 0 radical (unpaired) electrons. The lowest BCUT2D eigenvalue weighted by Crippen LogP contribution is -2.15. The van der Waals surface area contributed by atoms with Gasteiger partial charge in [-0.25, -0.2) is 14.4 Å². The molecule has 2 heterocycles. The fourth-order valence-electron chi connectivity index (χ4n) is 2.30. The molecule has 0 saturated carbocycles. The number of carbonyl (C=O) groups is 1. The van der Waals surface area contributed by atoms with E-state index in [0.717, 1.165) is 26.4 Å². The number of amides is 1. The zero-order valence-electron chi connectivity index (χ0n) is 13.5. The van der Waals surface area contributed by atoms with Crippen molar-refractivity contribution in [1.82, 2.24) is 9.97 Å². The van der Waals surface area contributed by atoms with Gasteiger partial charge in [0.15, 0.2) is 0 Å². The lowest BCUT2D eigenvalue weighted by Gasteiger charge is -2.07. The van der Waals surface area contributed by atoms with E-state index in [9.17, 15) is 9.18 Å². The molecule has 0 bridgehead atoms. The maximum atomic E-state index is 13.8. The summed E-state index contributed by atoms with van der Waals surface area (Å²) in [5, 5.41) is 4.38. The summed E-state index contributed by atoms with van der Waals surface area (Å²) in [5.41, 5.74) is 2.15. The van der Waals surface area contributed by atoms with Crippen LogP contribution in [0.1, 0.15) is 16.0 Å². The first-order valence-electron chi connectivity index (χ1n) is 7.35. The Morgan fingerprint density at radius 1 is 1.29 bits per heavy atom. The molecule has 1 N–H and O–H groups in total. The van der Waals surface area contributed by atoms with Crippen LogP contribution in [0.15, 0.2) is 29.6 Å². The number of hydrogen-bond acceptors (Lipinski definition) is 5. The zero-order valence-corrected chi connectivity index (χ0v) is 15.1. The molecule has 24 heavy (non-hydrogen) atoms. The summed E-state index contributed by atoms with van der Waals surface area (Å²) >= 11 is 2.95. The first-order chi connectivity index (χ1) is 11.5. The number of fused-ring (bicyclic) bond motifs is 1. The van der Waals surface area contributed by atoms with E-state index < -0.39 is 5.82 Å². The molecule has 0 aliphatic carbocycles. The van der Waals surface area contributed by atoms with Crippen molar-refractivity contribution in [3.8, 4) is 0 Å². The van der Waals surface area contributed by atoms with Crippen LogP contribution in [0.2, 0.25) is 0 Å². The molecule has 4 nitrogen and oxygen atoms in total. The Morgan fingerprint density at radius 3 is 2.83 bits per heavy atom. The second-order valence-electron chi connectivity index (χ2n) is 5.46. The van der Waals surface area contributed by atoms with Gasteiger partial charge in [0.05, 0.1) is 11.4 Å². The third kappa shape index (κ3) is 3.42. The molecule has 0 fully saturated rings. The van der Waals surface area contributed by atoms with Gasteiger partial charge in [0.2, 0.25) is 5.91 Å². The highest BCUT2D eigenvalue weighted by molar-refractivity contribution is 8.00. The number of carbonyl (C=O) groups excluding carboxylic acids is 1. The van der Waals surface area contributed by atoms with E-state index in [1.165, 1.54) is 29.0 Å². The number of thiophene rings is 1. The fourth-order valence-corrected chi connectivity index (χ4v) is 4.22. The third-order valence-corrected chi connectivity index (χ3v) is 5.77. The topological polar surface area (TPSA) is 54.9 Å². The zero-order chi connectivity index (χ0) is 17.3. The average Bonchev–Trinajstić information content (AvgIpc) is 2.83. The van der Waals surface area contributed by atoms with E-state index in [-0.39, 0.29) is 17.3 Å². The number of thioether (sulfide) groups is 1. The number of anilines is 1. The molecule has 3 rings (SSSR count). The largest absolute Gasteiger partial charge is 0.323 e. The van der Waals surface area contributed by atoms with Crippen molar-refractivity contribution in [2.75, 3.05) is 11.1 Å². The summed E-state index contributed by atoms with van der Waals surface area (Å²) in [6, 6.07) is 4.73. The van der Waals surface area contributed by atoms with Crippen molar-refractivity contribution in [3.63, 3.8) is 0 Å². The maximum Gasteiger partial charge on any atom is 0.234 e. The number of nitrogens with one attached hydrogen (secondary N) is 1. The highest BCUT2D eigenvalue weighted by atomic mass is 32.2. The second-order valence-corrected chi connectivity index (χ2v) is 7.63. The van der Waals surface area contributed by atoms with Crippen LogP contribution in [0.5, 0.6) is 0 Å². The van der Waals surface area contributed by atoms with E-state index in [1.54, 1.807) is 30.4 Å². The Kier molecular flexibility index (Phi) is 4.82. The van der Waals surface area contributed by atoms with Crippen LogP contribution < -0.4 is 5.32 Å². The molecule has 124 valence electrons. The van der Waals surface area contributed by atoms with Gasteiger partial charge >= 0.3 is 0 Å². The Balaban J connectivity index is 1.73. The van der Waals surface area contributed by atoms with Crippen molar-refractivity contribution in [3.05, 3.63) is 46.3 Å². The number of halogens is 1. The van der Waals surface area contributed by atoms with Gasteiger partial charge in [-0.1, -0.05) is 17.8 Å². The smallest absolute Gasteiger partial charge is 0.234 e. The molecule has 0 unspecified atom stereocenters. The number of hydrogen-bond donors (Lipinski definition) is 1. The fraction of sp³-hybridized carbons (Fsp3) is 0.235. The highest BCUT2D eigenvalue weighted by Crippen LogP contribution is 2.34. The molecule has 7 heteroatoms. The number of aromatic nitrogens is 2. The number of benzene rings is 1. The summed E-state index contributed by atoms with van der Waals surface area (Å²) < 4.78 is 13.8. The molecule has 1 amide bonds. The predicted molar refractivity (Wildman–Crippen MR) is 97.4 cm³/mol. The molecular weight excluding hydrogens is 345 g/mol.